The van der Waals surface area contributed by atoms with Crippen LogP contribution < -0.4 is 4.90 Å². The molecule has 9 aromatic rings. The zero-order valence-corrected chi connectivity index (χ0v) is 27.1. The van der Waals surface area contributed by atoms with Crippen molar-refractivity contribution in [3.8, 4) is 11.5 Å². The molecule has 3 aromatic heterocycles. The van der Waals surface area contributed by atoms with E-state index in [4.69, 9.17) is 4.98 Å². The summed E-state index contributed by atoms with van der Waals surface area (Å²) >= 11 is 0. The molecule has 1 aliphatic rings. The highest BCUT2D eigenvalue weighted by molar-refractivity contribution is 6.10. The van der Waals surface area contributed by atoms with Gasteiger partial charge in [-0.25, -0.2) is 9.67 Å². The third-order valence-corrected chi connectivity index (χ3v) is 10.2. The van der Waals surface area contributed by atoms with Gasteiger partial charge >= 0.3 is 0 Å². The first-order valence-corrected chi connectivity index (χ1v) is 16.9. The molecule has 6 aromatic carbocycles. The lowest BCUT2D eigenvalue weighted by Gasteiger charge is -2.46. The summed E-state index contributed by atoms with van der Waals surface area (Å²) in [7, 11) is 0. The topological polar surface area (TPSA) is 38.9 Å². The quantitative estimate of drug-likeness (QED) is 0.188. The Morgan fingerprint density at radius 2 is 1.14 bits per heavy atom. The van der Waals surface area contributed by atoms with Gasteiger partial charge in [-0.15, -0.1) is 0 Å². The van der Waals surface area contributed by atoms with Crippen LogP contribution in [0.3, 0.4) is 0 Å². The fourth-order valence-corrected chi connectivity index (χ4v) is 8.12. The third kappa shape index (κ3) is 4.07. The van der Waals surface area contributed by atoms with Crippen LogP contribution in [-0.4, -0.2) is 19.3 Å². The summed E-state index contributed by atoms with van der Waals surface area (Å²) in [5.74, 6) is 0.892. The second kappa shape index (κ2) is 11.2. The zero-order valence-electron chi connectivity index (χ0n) is 27.1. The average molecular weight is 642 g/mol. The molecule has 0 unspecified atom stereocenters. The minimum absolute atomic E-state index is 0.569. The van der Waals surface area contributed by atoms with Crippen molar-refractivity contribution in [3.63, 3.8) is 0 Å². The molecule has 5 heteroatoms. The maximum atomic E-state index is 4.80. The van der Waals surface area contributed by atoms with E-state index in [1.807, 2.05) is 41.5 Å². The molecule has 0 radical (unpaired) electrons. The van der Waals surface area contributed by atoms with E-state index in [1.54, 1.807) is 0 Å². The second-order valence-corrected chi connectivity index (χ2v) is 12.7. The number of rotatable bonds is 5. The Morgan fingerprint density at radius 3 is 1.90 bits per heavy atom. The first-order chi connectivity index (χ1) is 24.8. The fraction of sp³-hybridized carbons (Fsp3) is 0.0222. The van der Waals surface area contributed by atoms with E-state index >= 15 is 0 Å². The molecular formula is C45H31N5. The molecule has 0 amide bonds. The number of pyridine rings is 1. The highest BCUT2D eigenvalue weighted by atomic mass is 15.3. The predicted molar refractivity (Wildman–Crippen MR) is 202 cm³/mol. The van der Waals surface area contributed by atoms with Crippen molar-refractivity contribution in [2.45, 2.75) is 5.41 Å². The number of hydrogen-bond donors (Lipinski definition) is 0. The lowest BCUT2D eigenvalue weighted by molar-refractivity contribution is 0.729. The normalized spacial score (nSPS) is 13.3. The van der Waals surface area contributed by atoms with Crippen molar-refractivity contribution in [3.05, 3.63) is 211 Å². The summed E-state index contributed by atoms with van der Waals surface area (Å²) in [6.45, 7) is 0. The maximum absolute atomic E-state index is 4.80. The Hall–Kier alpha value is -6.72. The SMILES string of the molecule is c1ccc(C2(c3ccccc3)c3ccccc3N(c3ccc4c5ccccc5n(-c5ccccn5)c4c3)c3cc(-n4cccn4)ccc32)cc1. The van der Waals surface area contributed by atoms with Gasteiger partial charge in [-0.1, -0.05) is 115 Å². The number of hydrogen-bond acceptors (Lipinski definition) is 3. The molecule has 0 atom stereocenters. The number of anilines is 3. The summed E-state index contributed by atoms with van der Waals surface area (Å²) in [6.07, 6.45) is 5.69. The highest BCUT2D eigenvalue weighted by Crippen LogP contribution is 2.58. The van der Waals surface area contributed by atoms with E-state index in [2.05, 4.69) is 166 Å². The van der Waals surface area contributed by atoms with Crippen molar-refractivity contribution in [2.75, 3.05) is 4.90 Å². The van der Waals surface area contributed by atoms with Gasteiger partial charge in [-0.2, -0.15) is 5.10 Å². The van der Waals surface area contributed by atoms with E-state index in [0.717, 1.165) is 39.6 Å². The summed E-state index contributed by atoms with van der Waals surface area (Å²) < 4.78 is 4.22. The summed E-state index contributed by atoms with van der Waals surface area (Å²) in [4.78, 5) is 7.23. The van der Waals surface area contributed by atoms with Gasteiger partial charge in [0.15, 0.2) is 0 Å². The van der Waals surface area contributed by atoms with Crippen LogP contribution in [0.5, 0.6) is 0 Å². The largest absolute Gasteiger partial charge is 0.310 e. The molecule has 10 rings (SSSR count). The van der Waals surface area contributed by atoms with Gasteiger partial charge in [0, 0.05) is 35.1 Å². The molecule has 0 aliphatic carbocycles. The molecule has 50 heavy (non-hydrogen) atoms. The molecule has 4 heterocycles. The van der Waals surface area contributed by atoms with E-state index in [1.165, 1.54) is 33.0 Å². The summed E-state index contributed by atoms with van der Waals surface area (Å²) in [6, 6.07) is 61.0. The Bertz CT molecular complexity index is 2600. The van der Waals surface area contributed by atoms with Crippen LogP contribution in [0.1, 0.15) is 22.3 Å². The van der Waals surface area contributed by atoms with Gasteiger partial charge in [0.1, 0.15) is 5.82 Å². The van der Waals surface area contributed by atoms with Crippen LogP contribution in [0.15, 0.2) is 188 Å². The first-order valence-electron chi connectivity index (χ1n) is 16.9. The van der Waals surface area contributed by atoms with Crippen LogP contribution in [0.2, 0.25) is 0 Å². The number of benzene rings is 6. The zero-order chi connectivity index (χ0) is 33.1. The van der Waals surface area contributed by atoms with Gasteiger partial charge in [-0.3, -0.25) is 4.57 Å². The monoisotopic (exact) mass is 641 g/mol. The third-order valence-electron chi connectivity index (χ3n) is 10.2. The van der Waals surface area contributed by atoms with Crippen LogP contribution >= 0.6 is 0 Å². The molecule has 0 saturated carbocycles. The molecular weight excluding hydrogens is 611 g/mol. The second-order valence-electron chi connectivity index (χ2n) is 12.7. The number of aromatic nitrogens is 4. The van der Waals surface area contributed by atoms with Gasteiger partial charge in [-0.05, 0) is 76.9 Å². The fourth-order valence-electron chi connectivity index (χ4n) is 8.12. The van der Waals surface area contributed by atoms with Crippen LogP contribution in [0, 0.1) is 0 Å². The molecule has 0 N–H and O–H groups in total. The molecule has 0 saturated heterocycles. The molecule has 236 valence electrons. The van der Waals surface area contributed by atoms with Crippen LogP contribution in [0.25, 0.3) is 33.3 Å². The summed E-state index contributed by atoms with van der Waals surface area (Å²) in [5.41, 5.74) is 10.8. The van der Waals surface area contributed by atoms with E-state index in [-0.39, 0.29) is 0 Å². The van der Waals surface area contributed by atoms with Gasteiger partial charge in [0.25, 0.3) is 0 Å². The number of fused-ring (bicyclic) bond motifs is 5. The lowest BCUT2D eigenvalue weighted by Crippen LogP contribution is -2.37. The van der Waals surface area contributed by atoms with E-state index in [0.29, 0.717) is 0 Å². The van der Waals surface area contributed by atoms with E-state index < -0.39 is 5.41 Å². The van der Waals surface area contributed by atoms with Crippen molar-refractivity contribution in [2.24, 2.45) is 0 Å². The minimum atomic E-state index is -0.569. The summed E-state index contributed by atoms with van der Waals surface area (Å²) in [5, 5.41) is 7.02. The molecule has 0 fully saturated rings. The van der Waals surface area contributed by atoms with E-state index in [9.17, 15) is 0 Å². The molecule has 0 bridgehead atoms. The van der Waals surface area contributed by atoms with Crippen molar-refractivity contribution < 1.29 is 0 Å². The lowest BCUT2D eigenvalue weighted by atomic mass is 9.62. The standard InChI is InChI=1S/C45H31N5/c1-3-14-32(15-4-1)45(33-16-5-2-6-17-33)38-19-8-10-21-41(38)49(43-30-34(24-26-39(43)45)48-29-13-28-47-48)35-23-25-37-36-18-7-9-20-40(36)50(42(37)31-35)44-22-11-12-27-46-44/h1-31H. The number of para-hydroxylation sites is 2. The Kier molecular flexibility index (Phi) is 6.33. The van der Waals surface area contributed by atoms with Crippen LogP contribution in [0.4, 0.5) is 17.1 Å². The predicted octanol–water partition coefficient (Wildman–Crippen LogP) is 10.5. The maximum Gasteiger partial charge on any atom is 0.137 e. The Morgan fingerprint density at radius 1 is 0.460 bits per heavy atom. The smallest absolute Gasteiger partial charge is 0.137 e. The Labute approximate surface area is 290 Å². The van der Waals surface area contributed by atoms with Crippen molar-refractivity contribution in [1.82, 2.24) is 19.3 Å². The van der Waals surface area contributed by atoms with Crippen LogP contribution in [-0.2, 0) is 5.41 Å². The molecule has 5 nitrogen and oxygen atoms in total. The van der Waals surface area contributed by atoms with Gasteiger partial charge in [0.05, 0.1) is 33.5 Å². The first kappa shape index (κ1) is 28.3. The minimum Gasteiger partial charge on any atom is -0.310 e. The average Bonchev–Trinajstić information content (AvgIpc) is 3.85. The van der Waals surface area contributed by atoms with Gasteiger partial charge in [0.2, 0.25) is 0 Å². The molecule has 1 aliphatic heterocycles. The van der Waals surface area contributed by atoms with Crippen molar-refractivity contribution in [1.29, 1.82) is 0 Å². The van der Waals surface area contributed by atoms with Gasteiger partial charge < -0.3 is 4.90 Å². The number of nitrogens with zero attached hydrogens (tertiary/aromatic N) is 5. The Balaban J connectivity index is 1.31. The van der Waals surface area contributed by atoms with Crippen molar-refractivity contribution >= 4 is 38.9 Å². The molecule has 0 spiro atoms. The highest BCUT2D eigenvalue weighted by Gasteiger charge is 2.46.